The van der Waals surface area contributed by atoms with Crippen molar-refractivity contribution in [2.45, 2.75) is 46.2 Å². The van der Waals surface area contributed by atoms with E-state index in [1.807, 2.05) is 45.0 Å². The van der Waals surface area contributed by atoms with E-state index in [4.69, 9.17) is 16.3 Å². The van der Waals surface area contributed by atoms with E-state index in [2.05, 4.69) is 5.32 Å². The van der Waals surface area contributed by atoms with Crippen LogP contribution >= 0.6 is 11.6 Å². The summed E-state index contributed by atoms with van der Waals surface area (Å²) in [6, 6.07) is 14.3. The second-order valence-corrected chi connectivity index (χ2v) is 7.41. The van der Waals surface area contributed by atoms with Crippen LogP contribution < -0.4 is 10.1 Å². The minimum atomic E-state index is -0.558. The highest BCUT2D eigenvalue weighted by Gasteiger charge is 2.28. The van der Waals surface area contributed by atoms with Crippen LogP contribution in [0, 0.1) is 6.92 Å². The van der Waals surface area contributed by atoms with E-state index in [-0.39, 0.29) is 18.4 Å². The number of rotatable bonds is 10. The van der Waals surface area contributed by atoms with Crippen LogP contribution in [0.2, 0.25) is 5.02 Å². The predicted molar refractivity (Wildman–Crippen MR) is 116 cm³/mol. The summed E-state index contributed by atoms with van der Waals surface area (Å²) in [5, 5.41) is 3.44. The van der Waals surface area contributed by atoms with Crippen molar-refractivity contribution in [3.63, 3.8) is 0 Å². The Morgan fingerprint density at radius 3 is 2.55 bits per heavy atom. The maximum atomic E-state index is 13.1. The van der Waals surface area contributed by atoms with Gasteiger partial charge >= 0.3 is 0 Å². The molecule has 0 aromatic heterocycles. The van der Waals surface area contributed by atoms with Crippen LogP contribution in [0.15, 0.2) is 48.5 Å². The first-order valence-electron chi connectivity index (χ1n) is 9.95. The van der Waals surface area contributed by atoms with Crippen molar-refractivity contribution in [3.8, 4) is 5.75 Å². The molecule has 29 heavy (non-hydrogen) atoms. The van der Waals surface area contributed by atoms with Crippen molar-refractivity contribution in [1.82, 2.24) is 10.2 Å². The first-order chi connectivity index (χ1) is 13.9. The molecule has 0 fully saturated rings. The maximum Gasteiger partial charge on any atom is 0.261 e. The molecule has 1 N–H and O–H groups in total. The highest BCUT2D eigenvalue weighted by Crippen LogP contribution is 2.18. The standard InChI is InChI=1S/C23H29ClN2O3/c1-4-12-25-23(28)21(5-2)26(15-18-9-6-8-17(3)13-18)22(27)16-29-20-11-7-10-19(24)14-20/h6-11,13-14,21H,4-5,12,15-16H2,1-3H3,(H,25,28). The van der Waals surface area contributed by atoms with E-state index in [0.29, 0.717) is 30.3 Å². The van der Waals surface area contributed by atoms with Gasteiger partial charge < -0.3 is 15.0 Å². The van der Waals surface area contributed by atoms with E-state index in [9.17, 15) is 9.59 Å². The lowest BCUT2D eigenvalue weighted by Crippen LogP contribution is -2.50. The van der Waals surface area contributed by atoms with E-state index in [1.54, 1.807) is 29.2 Å². The summed E-state index contributed by atoms with van der Waals surface area (Å²) < 4.78 is 5.64. The molecule has 6 heteroatoms. The summed E-state index contributed by atoms with van der Waals surface area (Å²) in [7, 11) is 0. The van der Waals surface area contributed by atoms with Crippen molar-refractivity contribution >= 4 is 23.4 Å². The molecule has 1 atom stereocenters. The number of carbonyl (C=O) groups is 2. The molecular weight excluding hydrogens is 388 g/mol. The third-order valence-electron chi connectivity index (χ3n) is 4.53. The van der Waals surface area contributed by atoms with Crippen LogP contribution in [0.3, 0.4) is 0 Å². The topological polar surface area (TPSA) is 58.6 Å². The number of aryl methyl sites for hydroxylation is 1. The van der Waals surface area contributed by atoms with Gasteiger partial charge in [-0.15, -0.1) is 0 Å². The number of benzene rings is 2. The zero-order chi connectivity index (χ0) is 21.2. The van der Waals surface area contributed by atoms with E-state index >= 15 is 0 Å². The van der Waals surface area contributed by atoms with Crippen LogP contribution in [0.25, 0.3) is 0 Å². The number of hydrogen-bond acceptors (Lipinski definition) is 3. The van der Waals surface area contributed by atoms with Gasteiger partial charge in [-0.25, -0.2) is 0 Å². The molecule has 0 saturated carbocycles. The molecule has 2 aromatic carbocycles. The summed E-state index contributed by atoms with van der Waals surface area (Å²) in [6.45, 7) is 6.67. The Bertz CT molecular complexity index is 825. The third-order valence-corrected chi connectivity index (χ3v) is 4.76. The van der Waals surface area contributed by atoms with Gasteiger partial charge in [0.15, 0.2) is 6.61 Å². The maximum absolute atomic E-state index is 13.1. The second-order valence-electron chi connectivity index (χ2n) is 6.97. The predicted octanol–water partition coefficient (Wildman–Crippen LogP) is 4.36. The second kappa shape index (κ2) is 11.5. The highest BCUT2D eigenvalue weighted by atomic mass is 35.5. The zero-order valence-electron chi connectivity index (χ0n) is 17.3. The average Bonchev–Trinajstić information content (AvgIpc) is 2.70. The SMILES string of the molecule is CCCNC(=O)C(CC)N(Cc1cccc(C)c1)C(=O)COc1cccc(Cl)c1. The lowest BCUT2D eigenvalue weighted by Gasteiger charge is -2.30. The Hall–Kier alpha value is -2.53. The smallest absolute Gasteiger partial charge is 0.261 e. The summed E-state index contributed by atoms with van der Waals surface area (Å²) in [5.41, 5.74) is 2.08. The molecule has 0 spiro atoms. The Labute approximate surface area is 178 Å². The number of nitrogens with zero attached hydrogens (tertiary/aromatic N) is 1. The molecule has 2 amide bonds. The normalized spacial score (nSPS) is 11.6. The van der Waals surface area contributed by atoms with Crippen LogP contribution in [-0.4, -0.2) is 35.9 Å². The van der Waals surface area contributed by atoms with Gasteiger partial charge in [-0.1, -0.05) is 61.3 Å². The number of halogens is 1. The van der Waals surface area contributed by atoms with Crippen molar-refractivity contribution in [3.05, 3.63) is 64.7 Å². The Morgan fingerprint density at radius 1 is 1.14 bits per heavy atom. The zero-order valence-corrected chi connectivity index (χ0v) is 18.0. The van der Waals surface area contributed by atoms with Crippen molar-refractivity contribution in [2.24, 2.45) is 0 Å². The van der Waals surface area contributed by atoms with Gasteiger partial charge in [0.2, 0.25) is 5.91 Å². The lowest BCUT2D eigenvalue weighted by molar-refractivity contribution is -0.143. The van der Waals surface area contributed by atoms with Gasteiger partial charge in [0, 0.05) is 18.1 Å². The molecular formula is C23H29ClN2O3. The minimum Gasteiger partial charge on any atom is -0.484 e. The first-order valence-corrected chi connectivity index (χ1v) is 10.3. The molecule has 1 unspecified atom stereocenters. The quantitative estimate of drug-likeness (QED) is 0.626. The monoisotopic (exact) mass is 416 g/mol. The molecule has 0 saturated heterocycles. The van der Waals surface area contributed by atoms with Crippen LogP contribution in [0.5, 0.6) is 5.75 Å². The fourth-order valence-corrected chi connectivity index (χ4v) is 3.26. The number of ether oxygens (including phenoxy) is 1. The fourth-order valence-electron chi connectivity index (χ4n) is 3.08. The summed E-state index contributed by atoms with van der Waals surface area (Å²) in [5.74, 6) is 0.132. The van der Waals surface area contributed by atoms with Crippen LogP contribution in [0.1, 0.15) is 37.8 Å². The van der Waals surface area contributed by atoms with E-state index in [0.717, 1.165) is 17.5 Å². The summed E-state index contributed by atoms with van der Waals surface area (Å²) >= 11 is 5.98. The van der Waals surface area contributed by atoms with Crippen molar-refractivity contribution in [1.29, 1.82) is 0 Å². The molecule has 0 aliphatic heterocycles. The highest BCUT2D eigenvalue weighted by molar-refractivity contribution is 6.30. The summed E-state index contributed by atoms with van der Waals surface area (Å²) in [4.78, 5) is 27.4. The molecule has 0 bridgehead atoms. The number of amides is 2. The van der Waals surface area contributed by atoms with E-state index in [1.165, 1.54) is 0 Å². The molecule has 2 rings (SSSR count). The van der Waals surface area contributed by atoms with Gasteiger partial charge in [0.1, 0.15) is 11.8 Å². The van der Waals surface area contributed by atoms with Crippen LogP contribution in [-0.2, 0) is 16.1 Å². The molecule has 0 aliphatic carbocycles. The molecule has 0 aliphatic rings. The number of nitrogens with one attached hydrogen (secondary N) is 1. The Kier molecular flexibility index (Phi) is 9.00. The molecule has 5 nitrogen and oxygen atoms in total. The fraction of sp³-hybridized carbons (Fsp3) is 0.391. The van der Waals surface area contributed by atoms with Crippen molar-refractivity contribution < 1.29 is 14.3 Å². The van der Waals surface area contributed by atoms with Crippen LogP contribution in [0.4, 0.5) is 0 Å². The number of hydrogen-bond donors (Lipinski definition) is 1. The van der Waals surface area contributed by atoms with Gasteiger partial charge in [0.05, 0.1) is 0 Å². The molecule has 0 radical (unpaired) electrons. The summed E-state index contributed by atoms with van der Waals surface area (Å²) in [6.07, 6.45) is 1.36. The van der Waals surface area contributed by atoms with Crippen molar-refractivity contribution in [2.75, 3.05) is 13.2 Å². The third kappa shape index (κ3) is 7.09. The van der Waals surface area contributed by atoms with Gasteiger partial charge in [-0.2, -0.15) is 0 Å². The minimum absolute atomic E-state index is 0.141. The lowest BCUT2D eigenvalue weighted by atomic mass is 10.1. The largest absolute Gasteiger partial charge is 0.484 e. The van der Waals surface area contributed by atoms with Gasteiger partial charge in [-0.05, 0) is 43.5 Å². The van der Waals surface area contributed by atoms with E-state index < -0.39 is 6.04 Å². The molecule has 156 valence electrons. The number of carbonyl (C=O) groups excluding carboxylic acids is 2. The molecule has 0 heterocycles. The Morgan fingerprint density at radius 2 is 1.90 bits per heavy atom. The first kappa shape index (κ1) is 22.8. The van der Waals surface area contributed by atoms with Gasteiger partial charge in [0.25, 0.3) is 5.91 Å². The van der Waals surface area contributed by atoms with Gasteiger partial charge in [-0.3, -0.25) is 9.59 Å². The average molecular weight is 417 g/mol. The Balaban J connectivity index is 2.19. The molecule has 2 aromatic rings.